The molecule has 1 heterocycles. The van der Waals surface area contributed by atoms with E-state index in [0.29, 0.717) is 0 Å². The third-order valence-corrected chi connectivity index (χ3v) is 3.99. The summed E-state index contributed by atoms with van der Waals surface area (Å²) in [6.07, 6.45) is 7.06. The maximum Gasteiger partial charge on any atom is 0.310 e. The van der Waals surface area contributed by atoms with Crippen molar-refractivity contribution in [1.29, 1.82) is 0 Å². The van der Waals surface area contributed by atoms with Crippen LogP contribution in [-0.4, -0.2) is 25.2 Å². The number of hydrogen-bond acceptors (Lipinski definition) is 3. The molecule has 0 aromatic rings. The van der Waals surface area contributed by atoms with Gasteiger partial charge in [0.2, 0.25) is 0 Å². The molecular weight excluding hydrogens is 202 g/mol. The van der Waals surface area contributed by atoms with Gasteiger partial charge in [0.25, 0.3) is 0 Å². The molecule has 0 radical (unpaired) electrons. The molecule has 16 heavy (non-hydrogen) atoms. The van der Waals surface area contributed by atoms with Crippen LogP contribution in [-0.2, 0) is 9.53 Å². The summed E-state index contributed by atoms with van der Waals surface area (Å²) in [5, 5.41) is 3.21. The predicted molar refractivity (Wildman–Crippen MR) is 63.1 cm³/mol. The summed E-state index contributed by atoms with van der Waals surface area (Å²) in [5.74, 6) is 0.919. The van der Waals surface area contributed by atoms with Crippen LogP contribution in [0.4, 0.5) is 0 Å². The Balaban J connectivity index is 1.77. The smallest absolute Gasteiger partial charge is 0.310 e. The Hall–Kier alpha value is -0.570. The summed E-state index contributed by atoms with van der Waals surface area (Å²) in [6, 6.07) is 0. The Labute approximate surface area is 97.9 Å². The summed E-state index contributed by atoms with van der Waals surface area (Å²) in [6.45, 7) is 4.00. The first-order valence-electron chi connectivity index (χ1n) is 6.70. The van der Waals surface area contributed by atoms with E-state index in [1.807, 2.05) is 0 Å². The molecule has 3 nitrogen and oxygen atoms in total. The molecule has 2 fully saturated rings. The summed E-state index contributed by atoms with van der Waals surface area (Å²) >= 11 is 0. The Morgan fingerprint density at radius 1 is 1.38 bits per heavy atom. The Bertz CT molecular complexity index is 236. The van der Waals surface area contributed by atoms with Gasteiger partial charge < -0.3 is 10.1 Å². The molecule has 0 bridgehead atoms. The number of ether oxygens (including phenoxy) is 1. The summed E-state index contributed by atoms with van der Waals surface area (Å²) in [7, 11) is 0. The van der Waals surface area contributed by atoms with Gasteiger partial charge in [-0.05, 0) is 38.1 Å². The molecule has 0 amide bonds. The second-order valence-electron chi connectivity index (χ2n) is 5.19. The average molecular weight is 225 g/mol. The minimum absolute atomic E-state index is 0.0340. The van der Waals surface area contributed by atoms with Gasteiger partial charge in [0, 0.05) is 6.54 Å². The van der Waals surface area contributed by atoms with Gasteiger partial charge in [-0.25, -0.2) is 0 Å². The van der Waals surface area contributed by atoms with Crippen LogP contribution in [0.1, 0.15) is 45.4 Å². The second kappa shape index (κ2) is 5.67. The van der Waals surface area contributed by atoms with Crippen LogP contribution in [0, 0.1) is 11.8 Å². The number of hydrogen-bond donors (Lipinski definition) is 1. The second-order valence-corrected chi connectivity index (χ2v) is 5.19. The molecule has 2 rings (SSSR count). The van der Waals surface area contributed by atoms with Crippen molar-refractivity contribution in [2.75, 3.05) is 13.1 Å². The summed E-state index contributed by atoms with van der Waals surface area (Å²) in [5.41, 5.74) is 0. The molecule has 1 aliphatic heterocycles. The van der Waals surface area contributed by atoms with Gasteiger partial charge in [-0.3, -0.25) is 4.79 Å². The van der Waals surface area contributed by atoms with Crippen LogP contribution < -0.4 is 5.32 Å². The van der Waals surface area contributed by atoms with Crippen LogP contribution in [0.25, 0.3) is 0 Å². The van der Waals surface area contributed by atoms with E-state index in [9.17, 15) is 4.79 Å². The van der Waals surface area contributed by atoms with Crippen LogP contribution in [0.5, 0.6) is 0 Å². The number of esters is 1. The van der Waals surface area contributed by atoms with Gasteiger partial charge >= 0.3 is 5.97 Å². The topological polar surface area (TPSA) is 38.3 Å². The van der Waals surface area contributed by atoms with E-state index < -0.39 is 0 Å². The van der Waals surface area contributed by atoms with Crippen LogP contribution in [0.15, 0.2) is 0 Å². The molecule has 3 heteroatoms. The lowest BCUT2D eigenvalue weighted by Gasteiger charge is -2.28. The lowest BCUT2D eigenvalue weighted by atomic mass is 9.85. The molecule has 1 N–H and O–H groups in total. The first kappa shape index (κ1) is 11.9. The van der Waals surface area contributed by atoms with Crippen molar-refractivity contribution in [1.82, 2.24) is 5.32 Å². The van der Waals surface area contributed by atoms with Crippen LogP contribution in [0.3, 0.4) is 0 Å². The van der Waals surface area contributed by atoms with Gasteiger partial charge in [0.1, 0.15) is 6.10 Å². The zero-order valence-corrected chi connectivity index (χ0v) is 10.2. The number of carbonyl (C=O) groups is 1. The standard InChI is InChI=1S/C13H23NO2/c1-2-10-4-3-5-12(8-10)16-13(15)11-6-7-14-9-11/h10-12,14H,2-9H2,1H3. The lowest BCUT2D eigenvalue weighted by molar-refractivity contribution is -0.155. The first-order valence-corrected chi connectivity index (χ1v) is 6.70. The molecule has 92 valence electrons. The van der Waals surface area contributed by atoms with Gasteiger partial charge in [0.15, 0.2) is 0 Å². The van der Waals surface area contributed by atoms with Gasteiger partial charge in [-0.1, -0.05) is 19.8 Å². The lowest BCUT2D eigenvalue weighted by Crippen LogP contribution is -2.29. The highest BCUT2D eigenvalue weighted by molar-refractivity contribution is 5.73. The van der Waals surface area contributed by atoms with Crippen molar-refractivity contribution >= 4 is 5.97 Å². The summed E-state index contributed by atoms with van der Waals surface area (Å²) in [4.78, 5) is 11.8. The molecule has 0 spiro atoms. The third-order valence-electron chi connectivity index (χ3n) is 3.99. The van der Waals surface area contributed by atoms with E-state index in [2.05, 4.69) is 12.2 Å². The van der Waals surface area contributed by atoms with E-state index in [0.717, 1.165) is 38.3 Å². The fourth-order valence-electron chi connectivity index (χ4n) is 2.84. The highest BCUT2D eigenvalue weighted by atomic mass is 16.5. The van der Waals surface area contributed by atoms with Crippen LogP contribution in [0.2, 0.25) is 0 Å². The molecule has 0 aromatic carbocycles. The molecule has 0 aromatic heterocycles. The fourth-order valence-corrected chi connectivity index (χ4v) is 2.84. The minimum Gasteiger partial charge on any atom is -0.462 e. The predicted octanol–water partition coefficient (Wildman–Crippen LogP) is 2.11. The van der Waals surface area contributed by atoms with E-state index in [1.54, 1.807) is 0 Å². The molecular formula is C13H23NO2. The Morgan fingerprint density at radius 2 is 2.25 bits per heavy atom. The first-order chi connectivity index (χ1) is 7.79. The van der Waals surface area contributed by atoms with Gasteiger partial charge in [-0.2, -0.15) is 0 Å². The molecule has 3 unspecified atom stereocenters. The van der Waals surface area contributed by atoms with Crippen molar-refractivity contribution in [2.24, 2.45) is 11.8 Å². The molecule has 1 saturated heterocycles. The fraction of sp³-hybridized carbons (Fsp3) is 0.923. The van der Waals surface area contributed by atoms with Crippen molar-refractivity contribution in [3.8, 4) is 0 Å². The van der Waals surface area contributed by atoms with Gasteiger partial charge in [0.05, 0.1) is 5.92 Å². The van der Waals surface area contributed by atoms with E-state index in [4.69, 9.17) is 4.74 Å². The van der Waals surface area contributed by atoms with E-state index >= 15 is 0 Å². The molecule has 3 atom stereocenters. The maximum atomic E-state index is 11.8. The normalized spacial score (nSPS) is 34.9. The maximum absolute atomic E-state index is 11.8. The molecule has 1 saturated carbocycles. The largest absolute Gasteiger partial charge is 0.462 e. The average Bonchev–Trinajstić information content (AvgIpc) is 2.83. The van der Waals surface area contributed by atoms with Crippen molar-refractivity contribution < 1.29 is 9.53 Å². The van der Waals surface area contributed by atoms with Crippen molar-refractivity contribution in [2.45, 2.75) is 51.6 Å². The van der Waals surface area contributed by atoms with Crippen LogP contribution >= 0.6 is 0 Å². The van der Waals surface area contributed by atoms with E-state index in [-0.39, 0.29) is 18.0 Å². The Kier molecular flexibility index (Phi) is 4.22. The SMILES string of the molecule is CCC1CCCC(OC(=O)C2CCNC2)C1. The zero-order valence-electron chi connectivity index (χ0n) is 10.2. The Morgan fingerprint density at radius 3 is 2.94 bits per heavy atom. The monoisotopic (exact) mass is 225 g/mol. The van der Waals surface area contributed by atoms with Gasteiger partial charge in [-0.15, -0.1) is 0 Å². The van der Waals surface area contributed by atoms with E-state index in [1.165, 1.54) is 19.3 Å². The third kappa shape index (κ3) is 2.97. The number of carbonyl (C=O) groups excluding carboxylic acids is 1. The zero-order chi connectivity index (χ0) is 11.4. The highest BCUT2D eigenvalue weighted by Crippen LogP contribution is 2.29. The number of rotatable bonds is 3. The number of nitrogens with one attached hydrogen (secondary N) is 1. The molecule has 2 aliphatic rings. The van der Waals surface area contributed by atoms with Crippen molar-refractivity contribution in [3.05, 3.63) is 0 Å². The highest BCUT2D eigenvalue weighted by Gasteiger charge is 2.28. The summed E-state index contributed by atoms with van der Waals surface area (Å²) < 4.78 is 5.63. The van der Waals surface area contributed by atoms with Crippen molar-refractivity contribution in [3.63, 3.8) is 0 Å². The minimum atomic E-state index is 0.0340. The quantitative estimate of drug-likeness (QED) is 0.748. The molecule has 1 aliphatic carbocycles.